The molecule has 1 atom stereocenters. The fourth-order valence-corrected chi connectivity index (χ4v) is 4.21. The Morgan fingerprint density at radius 1 is 1.42 bits per heavy atom. The minimum atomic E-state index is -3.67. The summed E-state index contributed by atoms with van der Waals surface area (Å²) in [7, 11) is -3.67. The molecule has 1 aromatic carbocycles. The van der Waals surface area contributed by atoms with Crippen LogP contribution < -0.4 is 10.0 Å². The molecule has 6 nitrogen and oxygen atoms in total. The van der Waals surface area contributed by atoms with Gasteiger partial charge in [-0.05, 0) is 25.0 Å². The second kappa shape index (κ2) is 3.99. The fourth-order valence-electron chi connectivity index (χ4n) is 2.50. The Labute approximate surface area is 111 Å². The molecule has 3 N–H and O–H groups in total. The van der Waals surface area contributed by atoms with Gasteiger partial charge in [-0.15, -0.1) is 0 Å². The van der Waals surface area contributed by atoms with Crippen molar-refractivity contribution in [3.63, 3.8) is 0 Å². The quantitative estimate of drug-likeness (QED) is 0.861. The molecule has 2 aromatic rings. The first-order chi connectivity index (χ1) is 9.01. The Balaban J connectivity index is 2.15. The molecule has 7 heteroatoms. The van der Waals surface area contributed by atoms with Gasteiger partial charge in [0.15, 0.2) is 0 Å². The number of nitrogens with zero attached hydrogens (tertiary/aromatic N) is 2. The third kappa shape index (κ3) is 1.69. The van der Waals surface area contributed by atoms with E-state index < -0.39 is 10.0 Å². The van der Waals surface area contributed by atoms with E-state index in [4.69, 9.17) is 5.73 Å². The third-order valence-corrected chi connectivity index (χ3v) is 5.27. The largest absolute Gasteiger partial charge is 0.383 e. The molecular weight excluding hydrogens is 264 g/mol. The summed E-state index contributed by atoms with van der Waals surface area (Å²) < 4.78 is 26.8. The SMILES string of the molecule is CC1Cc2ccccc2N1S(=O)(=O)c1cn[nH]c1N. The molecule has 0 spiro atoms. The van der Waals surface area contributed by atoms with Crippen molar-refractivity contribution < 1.29 is 8.42 Å². The zero-order chi connectivity index (χ0) is 13.6. The summed E-state index contributed by atoms with van der Waals surface area (Å²) in [6.07, 6.45) is 1.95. The maximum atomic E-state index is 12.7. The normalized spacial score (nSPS) is 18.6. The van der Waals surface area contributed by atoms with Gasteiger partial charge in [-0.25, -0.2) is 8.42 Å². The van der Waals surface area contributed by atoms with E-state index >= 15 is 0 Å². The first-order valence-electron chi connectivity index (χ1n) is 5.93. The Hall–Kier alpha value is -2.02. The predicted octanol–water partition coefficient (Wildman–Crippen LogP) is 1.13. The number of nitrogens with two attached hydrogens (primary N) is 1. The maximum absolute atomic E-state index is 12.7. The lowest BCUT2D eigenvalue weighted by atomic mass is 10.1. The zero-order valence-corrected chi connectivity index (χ0v) is 11.2. The summed E-state index contributed by atoms with van der Waals surface area (Å²) in [5.74, 6) is 0.0663. The zero-order valence-electron chi connectivity index (χ0n) is 10.4. The first kappa shape index (κ1) is 12.0. The van der Waals surface area contributed by atoms with Crippen LogP contribution in [0.3, 0.4) is 0 Å². The van der Waals surface area contributed by atoms with Crippen LogP contribution in [0.4, 0.5) is 11.5 Å². The fraction of sp³-hybridized carbons (Fsp3) is 0.250. The number of hydrogen-bond acceptors (Lipinski definition) is 4. The number of anilines is 2. The van der Waals surface area contributed by atoms with E-state index in [0.29, 0.717) is 6.42 Å². The number of benzene rings is 1. The van der Waals surface area contributed by atoms with Gasteiger partial charge in [0.1, 0.15) is 10.7 Å². The summed E-state index contributed by atoms with van der Waals surface area (Å²) in [5, 5.41) is 6.14. The second-order valence-corrected chi connectivity index (χ2v) is 6.41. The third-order valence-electron chi connectivity index (χ3n) is 3.31. The lowest BCUT2D eigenvalue weighted by Crippen LogP contribution is -2.35. The Morgan fingerprint density at radius 2 is 2.16 bits per heavy atom. The number of aromatic nitrogens is 2. The molecule has 1 aliphatic rings. The van der Waals surface area contributed by atoms with Crippen molar-refractivity contribution in [2.75, 3.05) is 10.0 Å². The van der Waals surface area contributed by atoms with Crippen LogP contribution in [0.25, 0.3) is 0 Å². The highest BCUT2D eigenvalue weighted by atomic mass is 32.2. The van der Waals surface area contributed by atoms with Gasteiger partial charge >= 0.3 is 0 Å². The highest BCUT2D eigenvalue weighted by Gasteiger charge is 2.37. The highest BCUT2D eigenvalue weighted by molar-refractivity contribution is 7.93. The van der Waals surface area contributed by atoms with Gasteiger partial charge < -0.3 is 5.73 Å². The van der Waals surface area contributed by atoms with Crippen molar-refractivity contribution in [2.45, 2.75) is 24.3 Å². The van der Waals surface area contributed by atoms with Crippen LogP contribution in [-0.4, -0.2) is 24.7 Å². The lowest BCUT2D eigenvalue weighted by Gasteiger charge is -2.23. The average molecular weight is 278 g/mol. The number of para-hydroxylation sites is 1. The monoisotopic (exact) mass is 278 g/mol. The van der Waals surface area contributed by atoms with Gasteiger partial charge in [-0.1, -0.05) is 18.2 Å². The van der Waals surface area contributed by atoms with Crippen molar-refractivity contribution in [1.82, 2.24) is 10.2 Å². The maximum Gasteiger partial charge on any atom is 0.269 e. The van der Waals surface area contributed by atoms with E-state index in [-0.39, 0.29) is 16.8 Å². The molecule has 3 rings (SSSR count). The van der Waals surface area contributed by atoms with Gasteiger partial charge in [0.05, 0.1) is 11.9 Å². The van der Waals surface area contributed by atoms with E-state index in [1.165, 1.54) is 10.5 Å². The Kier molecular flexibility index (Phi) is 2.53. The molecule has 1 unspecified atom stereocenters. The van der Waals surface area contributed by atoms with Crippen LogP contribution in [0, 0.1) is 0 Å². The van der Waals surface area contributed by atoms with Crippen LogP contribution >= 0.6 is 0 Å². The molecule has 19 heavy (non-hydrogen) atoms. The van der Waals surface area contributed by atoms with Crippen molar-refractivity contribution in [3.05, 3.63) is 36.0 Å². The van der Waals surface area contributed by atoms with E-state index in [1.54, 1.807) is 0 Å². The summed E-state index contributed by atoms with van der Waals surface area (Å²) in [5.41, 5.74) is 7.38. The van der Waals surface area contributed by atoms with Crippen LogP contribution in [-0.2, 0) is 16.4 Å². The predicted molar refractivity (Wildman–Crippen MR) is 72.3 cm³/mol. The van der Waals surface area contributed by atoms with Gasteiger partial charge in [0.25, 0.3) is 10.0 Å². The average Bonchev–Trinajstić information content (AvgIpc) is 2.91. The summed E-state index contributed by atoms with van der Waals surface area (Å²) in [6, 6.07) is 7.37. The van der Waals surface area contributed by atoms with Crippen LogP contribution in [0.1, 0.15) is 12.5 Å². The van der Waals surface area contributed by atoms with Crippen molar-refractivity contribution in [3.8, 4) is 0 Å². The van der Waals surface area contributed by atoms with Crippen LogP contribution in [0.2, 0.25) is 0 Å². The topological polar surface area (TPSA) is 92.1 Å². The first-order valence-corrected chi connectivity index (χ1v) is 7.37. The number of aromatic amines is 1. The van der Waals surface area contributed by atoms with Crippen molar-refractivity contribution in [1.29, 1.82) is 0 Å². The Morgan fingerprint density at radius 3 is 2.84 bits per heavy atom. The van der Waals surface area contributed by atoms with Gasteiger partial charge in [-0.3, -0.25) is 9.40 Å². The molecule has 100 valence electrons. The van der Waals surface area contributed by atoms with Crippen molar-refractivity contribution >= 4 is 21.5 Å². The van der Waals surface area contributed by atoms with E-state index in [0.717, 1.165) is 11.3 Å². The highest BCUT2D eigenvalue weighted by Crippen LogP contribution is 2.37. The summed E-state index contributed by atoms with van der Waals surface area (Å²) in [4.78, 5) is 0.0241. The molecule has 2 heterocycles. The minimum Gasteiger partial charge on any atom is -0.383 e. The lowest BCUT2D eigenvalue weighted by molar-refractivity contribution is 0.584. The summed E-state index contributed by atoms with van der Waals surface area (Å²) >= 11 is 0. The molecule has 0 aliphatic carbocycles. The van der Waals surface area contributed by atoms with Crippen LogP contribution in [0.5, 0.6) is 0 Å². The number of fused-ring (bicyclic) bond motifs is 1. The number of sulfonamides is 1. The van der Waals surface area contributed by atoms with E-state index in [2.05, 4.69) is 10.2 Å². The molecular formula is C12H14N4O2S. The van der Waals surface area contributed by atoms with Gasteiger partial charge in [-0.2, -0.15) is 5.10 Å². The molecule has 0 fully saturated rings. The second-order valence-electron chi connectivity index (χ2n) is 4.63. The van der Waals surface area contributed by atoms with E-state index in [9.17, 15) is 8.42 Å². The molecule has 0 bridgehead atoms. The number of nitrogen functional groups attached to an aromatic ring is 1. The van der Waals surface area contributed by atoms with Gasteiger partial charge in [0.2, 0.25) is 0 Å². The van der Waals surface area contributed by atoms with Crippen molar-refractivity contribution in [2.24, 2.45) is 0 Å². The minimum absolute atomic E-state index is 0.0241. The molecule has 0 saturated carbocycles. The molecule has 0 saturated heterocycles. The molecule has 1 aliphatic heterocycles. The van der Waals surface area contributed by atoms with Gasteiger partial charge in [0, 0.05) is 6.04 Å². The summed E-state index contributed by atoms with van der Waals surface area (Å²) in [6.45, 7) is 1.88. The number of rotatable bonds is 2. The molecule has 1 aromatic heterocycles. The Bertz CT molecular complexity index is 723. The standard InChI is InChI=1S/C12H14N4O2S/c1-8-6-9-4-2-3-5-10(9)16(8)19(17,18)11-7-14-15-12(11)13/h2-5,7-8H,6H2,1H3,(H3,13,14,15). The number of hydrogen-bond donors (Lipinski definition) is 2. The molecule has 0 radical (unpaired) electrons. The number of H-pyrrole nitrogens is 1. The number of nitrogens with one attached hydrogen (secondary N) is 1. The smallest absolute Gasteiger partial charge is 0.269 e. The van der Waals surface area contributed by atoms with E-state index in [1.807, 2.05) is 31.2 Å². The molecule has 0 amide bonds. The van der Waals surface area contributed by atoms with Crippen LogP contribution in [0.15, 0.2) is 35.4 Å².